The van der Waals surface area contributed by atoms with E-state index in [2.05, 4.69) is 16.0 Å². The summed E-state index contributed by atoms with van der Waals surface area (Å²) in [6.45, 7) is 1.20. The summed E-state index contributed by atoms with van der Waals surface area (Å²) < 4.78 is 0. The molecule has 19 heteroatoms. The molecule has 0 saturated heterocycles. The SMILES string of the molecule is Cl.NCCCC[C@@](N)(C(=O)Cc1ccsc1)C(=O)Nc1ccc(C(c2ccc(NC(=O)[C@@](N)(CCCCN)C(=O)Cc3ccsc3)cc2)c2ccc(NC(=O)[C@@](N)(CCCCN)C(=O)Cc3ccsc3)cc2)cc1. The molecule has 6 aromatic rings. The molecule has 3 aromatic heterocycles. The first-order valence-electron chi connectivity index (χ1n) is 24.5. The minimum atomic E-state index is -1.79. The minimum Gasteiger partial charge on any atom is -0.330 e. The topological polar surface area (TPSA) is 295 Å². The van der Waals surface area contributed by atoms with Gasteiger partial charge >= 0.3 is 0 Å². The first-order valence-corrected chi connectivity index (χ1v) is 27.3. The molecule has 74 heavy (non-hydrogen) atoms. The van der Waals surface area contributed by atoms with Gasteiger partial charge in [-0.1, -0.05) is 36.4 Å². The lowest BCUT2D eigenvalue weighted by Crippen LogP contribution is -2.58. The van der Waals surface area contributed by atoms with E-state index in [0.29, 0.717) is 75.2 Å². The van der Waals surface area contributed by atoms with Crippen LogP contribution < -0.4 is 50.4 Å². The first kappa shape index (κ1) is 59.1. The number of ketones is 3. The van der Waals surface area contributed by atoms with E-state index in [1.807, 2.05) is 86.9 Å². The van der Waals surface area contributed by atoms with Crippen LogP contribution in [0, 0.1) is 0 Å². The monoisotopic (exact) mass is 1080 g/mol. The fourth-order valence-electron chi connectivity index (χ4n) is 8.57. The summed E-state index contributed by atoms with van der Waals surface area (Å²) in [5, 5.41) is 19.9. The van der Waals surface area contributed by atoms with Gasteiger partial charge in [0.25, 0.3) is 17.7 Å². The molecule has 0 unspecified atom stereocenters. The quantitative estimate of drug-likeness (QED) is 0.0123. The molecule has 394 valence electrons. The highest BCUT2D eigenvalue weighted by Crippen LogP contribution is 2.35. The Bertz CT molecular complexity index is 2440. The van der Waals surface area contributed by atoms with Crippen LogP contribution in [0.25, 0.3) is 0 Å². The number of rotatable bonds is 30. The molecule has 3 aromatic carbocycles. The summed E-state index contributed by atoms with van der Waals surface area (Å²) in [5.74, 6) is -3.46. The number of hydrogen-bond acceptors (Lipinski definition) is 15. The molecule has 0 radical (unpaired) electrons. The third kappa shape index (κ3) is 15.4. The van der Waals surface area contributed by atoms with Gasteiger partial charge in [-0.2, -0.15) is 34.0 Å². The molecule has 3 atom stereocenters. The Morgan fingerprint density at radius 3 is 0.878 bits per heavy atom. The molecule has 15 nitrogen and oxygen atoms in total. The normalized spacial score (nSPS) is 13.7. The van der Waals surface area contributed by atoms with Gasteiger partial charge in [-0.25, -0.2) is 0 Å². The van der Waals surface area contributed by atoms with Gasteiger partial charge in [-0.3, -0.25) is 28.8 Å². The zero-order valence-corrected chi connectivity index (χ0v) is 44.6. The standard InChI is InChI=1S/C55H67N9O6S3.ClH/c56-25-4-1-22-53(59,46(65)31-37-19-28-71-34-37)50(68)62-43-13-7-40(8-14-43)49(41-9-15-44(16-10-41)63-51(69)54(60,23-2-5-26-57)47(66)32-38-20-29-72-35-38)42-11-17-45(18-12-42)64-52(70)55(61,24-3-6-27-58)48(67)33-39-21-30-73-36-39;/h7-21,28-30,34-36,49H,1-6,22-27,31-33,56-61H2,(H,62,68)(H,63,69)(H,64,70);1H/t53-,54-,55-;/m1./s1. The summed E-state index contributed by atoms with van der Waals surface area (Å²) in [6.07, 6.45) is 3.74. The van der Waals surface area contributed by atoms with Crippen LogP contribution in [-0.4, -0.2) is 71.3 Å². The van der Waals surface area contributed by atoms with Gasteiger partial charge < -0.3 is 50.4 Å². The van der Waals surface area contributed by atoms with Crippen molar-refractivity contribution in [2.45, 2.75) is 99.6 Å². The van der Waals surface area contributed by atoms with Crippen molar-refractivity contribution in [3.8, 4) is 0 Å². The van der Waals surface area contributed by atoms with Gasteiger partial charge in [0.2, 0.25) is 0 Å². The highest BCUT2D eigenvalue weighted by atomic mass is 35.5. The molecule has 0 aliphatic rings. The van der Waals surface area contributed by atoms with E-state index in [0.717, 1.165) is 33.4 Å². The van der Waals surface area contributed by atoms with E-state index in [-0.39, 0.29) is 50.9 Å². The summed E-state index contributed by atoms with van der Waals surface area (Å²) in [4.78, 5) is 82.8. The Morgan fingerprint density at radius 1 is 0.405 bits per heavy atom. The smallest absolute Gasteiger partial charge is 0.252 e. The predicted molar refractivity (Wildman–Crippen MR) is 302 cm³/mol. The Labute approximate surface area is 451 Å². The van der Waals surface area contributed by atoms with E-state index in [1.54, 1.807) is 36.4 Å². The van der Waals surface area contributed by atoms with Crippen molar-refractivity contribution in [3.05, 3.63) is 157 Å². The second-order valence-electron chi connectivity index (χ2n) is 18.5. The third-order valence-electron chi connectivity index (χ3n) is 13.1. The first-order chi connectivity index (χ1) is 35.1. The van der Waals surface area contributed by atoms with Gasteiger partial charge in [0, 0.05) is 42.2 Å². The predicted octanol–water partition coefficient (Wildman–Crippen LogP) is 7.20. The Kier molecular flexibility index (Phi) is 22.5. The number of unbranched alkanes of at least 4 members (excludes halogenated alkanes) is 3. The molecular weight excluding hydrogens is 1010 g/mol. The highest BCUT2D eigenvalue weighted by molar-refractivity contribution is 7.08. The fourth-order valence-corrected chi connectivity index (χ4v) is 10.6. The molecule has 3 heterocycles. The molecule has 6 rings (SSSR count). The molecule has 0 spiro atoms. The molecule has 0 aliphatic heterocycles. The number of halogens is 1. The van der Waals surface area contributed by atoms with Crippen molar-refractivity contribution in [3.63, 3.8) is 0 Å². The molecular formula is C55H68ClN9O6S3. The number of amides is 3. The van der Waals surface area contributed by atoms with Gasteiger partial charge in [-0.05, 0) is 198 Å². The van der Waals surface area contributed by atoms with Crippen LogP contribution in [0.3, 0.4) is 0 Å². The van der Waals surface area contributed by atoms with Crippen molar-refractivity contribution in [1.29, 1.82) is 0 Å². The lowest BCUT2D eigenvalue weighted by atomic mass is 9.84. The average Bonchev–Trinajstić information content (AvgIpc) is 4.22. The molecule has 0 saturated carbocycles. The lowest BCUT2D eigenvalue weighted by molar-refractivity contribution is -0.134. The molecule has 0 fully saturated rings. The number of nitrogens with two attached hydrogens (primary N) is 6. The van der Waals surface area contributed by atoms with Crippen LogP contribution in [0.1, 0.15) is 97.1 Å². The Balaban J connectivity index is 0.0000101. The van der Waals surface area contributed by atoms with Crippen LogP contribution in [0.5, 0.6) is 0 Å². The molecule has 0 aliphatic carbocycles. The number of benzene rings is 3. The van der Waals surface area contributed by atoms with Crippen molar-refractivity contribution < 1.29 is 28.8 Å². The van der Waals surface area contributed by atoms with E-state index < -0.39 is 57.6 Å². The fraction of sp³-hybridized carbons (Fsp3) is 0.345. The average molecular weight is 1080 g/mol. The third-order valence-corrected chi connectivity index (χ3v) is 15.3. The van der Waals surface area contributed by atoms with E-state index in [1.165, 1.54) is 34.0 Å². The van der Waals surface area contributed by atoms with Crippen molar-refractivity contribution in [2.24, 2.45) is 34.4 Å². The van der Waals surface area contributed by atoms with Crippen LogP contribution in [-0.2, 0) is 48.0 Å². The Hall–Kier alpha value is -5.77. The summed E-state index contributed by atoms with van der Waals surface area (Å²) in [6, 6.07) is 27.1. The second kappa shape index (κ2) is 28.2. The number of carbonyl (C=O) groups excluding carboxylic acids is 6. The molecule has 3 amide bonds. The molecule has 0 bridgehead atoms. The maximum absolute atomic E-state index is 13.9. The van der Waals surface area contributed by atoms with Crippen LogP contribution in [0.4, 0.5) is 17.1 Å². The van der Waals surface area contributed by atoms with Crippen molar-refractivity contribution in [2.75, 3.05) is 35.6 Å². The van der Waals surface area contributed by atoms with E-state index in [4.69, 9.17) is 34.4 Å². The van der Waals surface area contributed by atoms with Gasteiger partial charge in [0.1, 0.15) is 0 Å². The summed E-state index contributed by atoms with van der Waals surface area (Å²) in [5.41, 5.74) is 38.0. The molecule has 15 N–H and O–H groups in total. The van der Waals surface area contributed by atoms with Crippen molar-refractivity contribution in [1.82, 2.24) is 0 Å². The van der Waals surface area contributed by atoms with Crippen LogP contribution >= 0.6 is 46.4 Å². The number of Topliss-reactive ketones (excluding diaryl/α,β-unsaturated/α-hetero) is 3. The lowest BCUT2D eigenvalue weighted by Gasteiger charge is -2.27. The highest BCUT2D eigenvalue weighted by Gasteiger charge is 2.43. The van der Waals surface area contributed by atoms with Crippen LogP contribution in [0.2, 0.25) is 0 Å². The second-order valence-corrected chi connectivity index (χ2v) is 20.8. The zero-order valence-electron chi connectivity index (χ0n) is 41.4. The maximum Gasteiger partial charge on any atom is 0.252 e. The van der Waals surface area contributed by atoms with Crippen LogP contribution in [0.15, 0.2) is 123 Å². The number of anilines is 3. The van der Waals surface area contributed by atoms with Crippen molar-refractivity contribution >= 4 is 98.6 Å². The van der Waals surface area contributed by atoms with Gasteiger partial charge in [-0.15, -0.1) is 12.4 Å². The van der Waals surface area contributed by atoms with E-state index >= 15 is 0 Å². The summed E-state index contributed by atoms with van der Waals surface area (Å²) in [7, 11) is 0. The number of carbonyl (C=O) groups is 6. The maximum atomic E-state index is 13.9. The zero-order chi connectivity index (χ0) is 52.4. The van der Waals surface area contributed by atoms with E-state index in [9.17, 15) is 28.8 Å². The summed E-state index contributed by atoms with van der Waals surface area (Å²) >= 11 is 4.38. The van der Waals surface area contributed by atoms with Gasteiger partial charge in [0.15, 0.2) is 34.0 Å². The largest absolute Gasteiger partial charge is 0.330 e. The number of thiophene rings is 3. The Morgan fingerprint density at radius 2 is 0.662 bits per heavy atom. The number of hydrogen-bond donors (Lipinski definition) is 9. The number of nitrogens with one attached hydrogen (secondary N) is 3. The van der Waals surface area contributed by atoms with Gasteiger partial charge in [0.05, 0.1) is 0 Å². The minimum absolute atomic E-state index is 0.